The maximum Gasteiger partial charge on any atom is 0.281 e. The van der Waals surface area contributed by atoms with Crippen LogP contribution < -0.4 is 11.3 Å². The Balaban J connectivity index is 2.63. The molecule has 76 valence electrons. The van der Waals surface area contributed by atoms with E-state index in [2.05, 4.69) is 15.0 Å². The Morgan fingerprint density at radius 2 is 2.47 bits per heavy atom. The lowest BCUT2D eigenvalue weighted by atomic mass is 10.4. The van der Waals surface area contributed by atoms with E-state index in [1.54, 1.807) is 0 Å². The Labute approximate surface area is 84.2 Å². The topological polar surface area (TPSA) is 113 Å². The third-order valence-electron chi connectivity index (χ3n) is 2.02. The zero-order valence-electron chi connectivity index (χ0n) is 7.77. The molecule has 0 spiro atoms. The van der Waals surface area contributed by atoms with Gasteiger partial charge in [-0.15, -0.1) is 0 Å². The highest BCUT2D eigenvalue weighted by atomic mass is 16.1. The van der Waals surface area contributed by atoms with Gasteiger partial charge < -0.3 is 10.7 Å². The maximum absolute atomic E-state index is 11.8. The highest BCUT2D eigenvalue weighted by Gasteiger charge is 2.09. The average Bonchev–Trinajstić information content (AvgIpc) is 2.65. The molecule has 7 heteroatoms. The molecular formula is C8H8N6O. The Kier molecular flexibility index (Phi) is 2.10. The SMILES string of the molecule is N#CCCn1c(N)nc2nc[nH]c2c1=O. The lowest BCUT2D eigenvalue weighted by Crippen LogP contribution is -2.24. The minimum atomic E-state index is -0.301. The molecule has 0 unspecified atom stereocenters. The van der Waals surface area contributed by atoms with E-state index >= 15 is 0 Å². The minimum Gasteiger partial charge on any atom is -0.369 e. The van der Waals surface area contributed by atoms with Crippen LogP contribution in [0.2, 0.25) is 0 Å². The summed E-state index contributed by atoms with van der Waals surface area (Å²) in [4.78, 5) is 22.2. The molecule has 0 bridgehead atoms. The average molecular weight is 204 g/mol. The second kappa shape index (κ2) is 3.42. The van der Waals surface area contributed by atoms with Crippen molar-refractivity contribution in [3.05, 3.63) is 16.7 Å². The van der Waals surface area contributed by atoms with Crippen LogP contribution in [0, 0.1) is 11.3 Å². The zero-order chi connectivity index (χ0) is 10.8. The number of imidazole rings is 1. The van der Waals surface area contributed by atoms with E-state index in [0.29, 0.717) is 11.2 Å². The summed E-state index contributed by atoms with van der Waals surface area (Å²) in [6.07, 6.45) is 1.60. The molecule has 3 N–H and O–H groups in total. The quantitative estimate of drug-likeness (QED) is 0.691. The number of nitriles is 1. The number of nitrogen functional groups attached to an aromatic ring is 1. The first kappa shape index (κ1) is 9.21. The smallest absolute Gasteiger partial charge is 0.281 e. The lowest BCUT2D eigenvalue weighted by molar-refractivity contribution is 0.690. The standard InChI is InChI=1S/C8H8N6O/c9-2-1-3-14-7(15)5-6(12-4-11-5)13-8(14)10/h4H,1,3H2,(H2,10,13)(H,11,12). The summed E-state index contributed by atoms with van der Waals surface area (Å²) in [7, 11) is 0. The fraction of sp³-hybridized carbons (Fsp3) is 0.250. The minimum absolute atomic E-state index is 0.0786. The predicted molar refractivity (Wildman–Crippen MR) is 52.8 cm³/mol. The molecule has 0 amide bonds. The molecule has 2 rings (SSSR count). The largest absolute Gasteiger partial charge is 0.369 e. The van der Waals surface area contributed by atoms with Gasteiger partial charge in [0.25, 0.3) is 5.56 Å². The van der Waals surface area contributed by atoms with Crippen molar-refractivity contribution in [2.45, 2.75) is 13.0 Å². The van der Waals surface area contributed by atoms with Crippen molar-refractivity contribution in [3.63, 3.8) is 0 Å². The van der Waals surface area contributed by atoms with Crippen LogP contribution in [0.15, 0.2) is 11.1 Å². The lowest BCUT2D eigenvalue weighted by Gasteiger charge is -2.05. The number of fused-ring (bicyclic) bond motifs is 1. The van der Waals surface area contributed by atoms with Crippen LogP contribution in [-0.4, -0.2) is 19.5 Å². The number of hydrogen-bond donors (Lipinski definition) is 2. The number of anilines is 1. The maximum atomic E-state index is 11.8. The van der Waals surface area contributed by atoms with Gasteiger partial charge in [0.1, 0.15) is 0 Å². The van der Waals surface area contributed by atoms with Crippen LogP contribution in [0.3, 0.4) is 0 Å². The summed E-state index contributed by atoms with van der Waals surface area (Å²) >= 11 is 0. The van der Waals surface area contributed by atoms with Crippen LogP contribution in [0.4, 0.5) is 5.95 Å². The molecule has 2 aromatic rings. The first-order valence-electron chi connectivity index (χ1n) is 4.30. The zero-order valence-corrected chi connectivity index (χ0v) is 7.77. The molecule has 0 radical (unpaired) electrons. The molecule has 2 aromatic heterocycles. The first-order valence-corrected chi connectivity index (χ1v) is 4.30. The third-order valence-corrected chi connectivity index (χ3v) is 2.02. The van der Waals surface area contributed by atoms with Crippen molar-refractivity contribution in [2.24, 2.45) is 0 Å². The van der Waals surface area contributed by atoms with E-state index in [1.165, 1.54) is 10.9 Å². The van der Waals surface area contributed by atoms with Gasteiger partial charge in [-0.05, 0) is 0 Å². The van der Waals surface area contributed by atoms with Gasteiger partial charge in [-0.25, -0.2) is 4.98 Å². The van der Waals surface area contributed by atoms with Crippen molar-refractivity contribution >= 4 is 17.1 Å². The van der Waals surface area contributed by atoms with E-state index in [9.17, 15) is 4.79 Å². The van der Waals surface area contributed by atoms with Gasteiger partial charge >= 0.3 is 0 Å². The van der Waals surface area contributed by atoms with E-state index in [0.717, 1.165) is 0 Å². The second-order valence-electron chi connectivity index (χ2n) is 2.94. The molecule has 7 nitrogen and oxygen atoms in total. The number of nitrogens with one attached hydrogen (secondary N) is 1. The molecule has 0 atom stereocenters. The fourth-order valence-corrected chi connectivity index (χ4v) is 1.31. The number of nitrogens with two attached hydrogens (primary N) is 1. The van der Waals surface area contributed by atoms with Gasteiger partial charge in [-0.1, -0.05) is 0 Å². The highest BCUT2D eigenvalue weighted by Crippen LogP contribution is 2.04. The first-order chi connectivity index (χ1) is 7.24. The van der Waals surface area contributed by atoms with Crippen molar-refractivity contribution in [1.29, 1.82) is 5.26 Å². The highest BCUT2D eigenvalue weighted by molar-refractivity contribution is 5.69. The van der Waals surface area contributed by atoms with Crippen LogP contribution in [0.5, 0.6) is 0 Å². The van der Waals surface area contributed by atoms with E-state index in [4.69, 9.17) is 11.0 Å². The Morgan fingerprint density at radius 3 is 3.20 bits per heavy atom. The van der Waals surface area contributed by atoms with E-state index in [-0.39, 0.29) is 24.5 Å². The van der Waals surface area contributed by atoms with Crippen LogP contribution >= 0.6 is 0 Å². The molecule has 0 saturated heterocycles. The predicted octanol–water partition coefficient (Wildman–Crippen LogP) is -0.385. The normalized spacial score (nSPS) is 10.3. The summed E-state index contributed by atoms with van der Waals surface area (Å²) in [5.41, 5.74) is 5.88. The monoisotopic (exact) mass is 204 g/mol. The van der Waals surface area contributed by atoms with Gasteiger partial charge in [0.15, 0.2) is 11.2 Å². The van der Waals surface area contributed by atoms with Gasteiger partial charge in [0, 0.05) is 6.54 Å². The summed E-state index contributed by atoms with van der Waals surface area (Å²) in [6, 6.07) is 1.94. The number of nitrogens with zero attached hydrogens (tertiary/aromatic N) is 4. The molecule has 0 aliphatic carbocycles. The van der Waals surface area contributed by atoms with Crippen molar-refractivity contribution in [1.82, 2.24) is 19.5 Å². The number of aromatic amines is 1. The molecule has 2 heterocycles. The number of hydrogen-bond acceptors (Lipinski definition) is 5. The summed E-state index contributed by atoms with van der Waals surface area (Å²) in [6.45, 7) is 0.239. The molecule has 15 heavy (non-hydrogen) atoms. The third kappa shape index (κ3) is 1.42. The molecule has 0 fully saturated rings. The Bertz CT molecular complexity index is 589. The molecule has 0 aliphatic heterocycles. The Hall–Kier alpha value is -2.36. The summed E-state index contributed by atoms with van der Waals surface area (Å²) < 4.78 is 1.25. The van der Waals surface area contributed by atoms with Crippen LogP contribution in [0.25, 0.3) is 11.2 Å². The molecular weight excluding hydrogens is 196 g/mol. The van der Waals surface area contributed by atoms with E-state index in [1.807, 2.05) is 6.07 Å². The van der Waals surface area contributed by atoms with E-state index < -0.39 is 0 Å². The summed E-state index contributed by atoms with van der Waals surface area (Å²) in [5, 5.41) is 8.44. The van der Waals surface area contributed by atoms with Crippen molar-refractivity contribution in [3.8, 4) is 6.07 Å². The number of rotatable bonds is 2. The van der Waals surface area contributed by atoms with Crippen LogP contribution in [0.1, 0.15) is 6.42 Å². The number of aromatic nitrogens is 4. The van der Waals surface area contributed by atoms with Gasteiger partial charge in [-0.3, -0.25) is 9.36 Å². The van der Waals surface area contributed by atoms with Crippen molar-refractivity contribution in [2.75, 3.05) is 5.73 Å². The molecule has 0 aliphatic rings. The second-order valence-corrected chi connectivity index (χ2v) is 2.94. The fourth-order valence-electron chi connectivity index (χ4n) is 1.31. The number of H-pyrrole nitrogens is 1. The Morgan fingerprint density at radius 1 is 1.67 bits per heavy atom. The molecule has 0 aromatic carbocycles. The van der Waals surface area contributed by atoms with Gasteiger partial charge in [0.2, 0.25) is 5.95 Å². The van der Waals surface area contributed by atoms with Gasteiger partial charge in [-0.2, -0.15) is 10.2 Å². The van der Waals surface area contributed by atoms with Crippen LogP contribution in [-0.2, 0) is 6.54 Å². The summed E-state index contributed by atoms with van der Waals surface area (Å²) in [5.74, 6) is 0.0786. The van der Waals surface area contributed by atoms with Gasteiger partial charge in [0.05, 0.1) is 18.8 Å². The van der Waals surface area contributed by atoms with Crippen molar-refractivity contribution < 1.29 is 0 Å². The molecule has 0 saturated carbocycles.